The fourth-order valence-corrected chi connectivity index (χ4v) is 4.36. The summed E-state index contributed by atoms with van der Waals surface area (Å²) in [4.78, 5) is 0. The summed E-state index contributed by atoms with van der Waals surface area (Å²) in [5, 5.41) is 7.40. The van der Waals surface area contributed by atoms with E-state index in [1.807, 2.05) is 0 Å². The Bertz CT molecular complexity index is 1230. The quantitative estimate of drug-likeness (QED) is 0.209. The van der Waals surface area contributed by atoms with Gasteiger partial charge in [0.05, 0.1) is 30.6 Å². The number of ether oxygens (including phenoxy) is 1. The molecule has 0 heterocycles. The van der Waals surface area contributed by atoms with Crippen LogP contribution >= 0.6 is 0 Å². The lowest BCUT2D eigenvalue weighted by Gasteiger charge is -2.23. The van der Waals surface area contributed by atoms with Crippen molar-refractivity contribution in [2.75, 3.05) is 17.2 Å². The molecule has 2 N–H and O–H groups in total. The average molecular weight is 493 g/mol. The van der Waals surface area contributed by atoms with Crippen molar-refractivity contribution in [3.8, 4) is 0 Å². The number of hydrogen-bond donors (Lipinski definition) is 2. The lowest BCUT2D eigenvalue weighted by molar-refractivity contribution is 0.112. The largest absolute Gasteiger partial charge is 0.379 e. The molecule has 0 bridgehead atoms. The maximum atomic E-state index is 6.25. The molecule has 0 aromatic heterocycles. The van der Waals surface area contributed by atoms with Gasteiger partial charge in [0, 0.05) is 6.54 Å². The van der Waals surface area contributed by atoms with Crippen LogP contribution in [0.25, 0.3) is 0 Å². The minimum atomic E-state index is 0.139. The molecule has 0 fully saturated rings. The first-order valence-corrected chi connectivity index (χ1v) is 13.3. The van der Waals surface area contributed by atoms with E-state index in [4.69, 9.17) is 4.74 Å². The van der Waals surface area contributed by atoms with Crippen LogP contribution in [-0.2, 0) is 24.3 Å². The van der Waals surface area contributed by atoms with Crippen LogP contribution in [0.3, 0.4) is 0 Å². The highest BCUT2D eigenvalue weighted by molar-refractivity contribution is 5.69. The molecule has 4 aromatic carbocycles. The molecule has 0 saturated heterocycles. The van der Waals surface area contributed by atoms with Crippen molar-refractivity contribution in [1.29, 1.82) is 0 Å². The van der Waals surface area contributed by atoms with E-state index in [0.717, 1.165) is 24.3 Å². The van der Waals surface area contributed by atoms with Crippen LogP contribution in [0.4, 0.5) is 11.4 Å². The first kappa shape index (κ1) is 26.5. The van der Waals surface area contributed by atoms with Crippen molar-refractivity contribution in [3.63, 3.8) is 0 Å². The SMILES string of the molecule is Cc1ccc(CNc2ccccc2N[C@H](COCc2ccc(C(C)C)cc2)Cc2ccc(C)cc2)cc1. The number of para-hydroxylation sites is 2. The predicted molar refractivity (Wildman–Crippen MR) is 157 cm³/mol. The third-order valence-electron chi connectivity index (χ3n) is 6.73. The predicted octanol–water partition coefficient (Wildman–Crippen LogP) is 8.28. The molecule has 0 amide bonds. The minimum absolute atomic E-state index is 0.139. The van der Waals surface area contributed by atoms with Gasteiger partial charge < -0.3 is 15.4 Å². The molecule has 3 heteroatoms. The third-order valence-corrected chi connectivity index (χ3v) is 6.73. The molecule has 192 valence electrons. The second kappa shape index (κ2) is 13.1. The first-order chi connectivity index (χ1) is 18.0. The van der Waals surface area contributed by atoms with Gasteiger partial charge >= 0.3 is 0 Å². The van der Waals surface area contributed by atoms with Gasteiger partial charge in [-0.15, -0.1) is 0 Å². The highest BCUT2D eigenvalue weighted by atomic mass is 16.5. The summed E-state index contributed by atoms with van der Waals surface area (Å²) in [6.07, 6.45) is 0.888. The second-order valence-electron chi connectivity index (χ2n) is 10.3. The summed E-state index contributed by atoms with van der Waals surface area (Å²) < 4.78 is 6.25. The summed E-state index contributed by atoms with van der Waals surface area (Å²) in [7, 11) is 0. The molecular formula is C34H40N2O. The minimum Gasteiger partial charge on any atom is -0.379 e. The molecule has 0 spiro atoms. The summed E-state index contributed by atoms with van der Waals surface area (Å²) in [6.45, 7) is 10.7. The van der Waals surface area contributed by atoms with Crippen LogP contribution in [0.1, 0.15) is 53.1 Å². The Hall–Kier alpha value is -3.56. The zero-order chi connectivity index (χ0) is 26.0. The van der Waals surface area contributed by atoms with Crippen molar-refractivity contribution in [2.24, 2.45) is 0 Å². The molecule has 3 nitrogen and oxygen atoms in total. The number of rotatable bonds is 12. The molecule has 0 aliphatic carbocycles. The standard InChI is InChI=1S/C34H40N2O/c1-25(2)31-19-17-30(18-20-31)23-37-24-32(21-28-13-9-26(3)10-14-28)36-34-8-6-5-7-33(34)35-22-29-15-11-27(4)12-16-29/h5-20,25,32,35-36H,21-24H2,1-4H3/t32-/m0/s1. The number of benzene rings is 4. The molecule has 0 aliphatic rings. The Morgan fingerprint density at radius 1 is 0.649 bits per heavy atom. The summed E-state index contributed by atoms with van der Waals surface area (Å²) in [5.74, 6) is 0.540. The first-order valence-electron chi connectivity index (χ1n) is 13.3. The maximum absolute atomic E-state index is 6.25. The van der Waals surface area contributed by atoms with Crippen LogP contribution in [-0.4, -0.2) is 12.6 Å². The van der Waals surface area contributed by atoms with Gasteiger partial charge in [-0.05, 0) is 60.6 Å². The topological polar surface area (TPSA) is 33.3 Å². The van der Waals surface area contributed by atoms with E-state index in [1.54, 1.807) is 0 Å². The van der Waals surface area contributed by atoms with Crippen LogP contribution < -0.4 is 10.6 Å². The Balaban J connectivity index is 1.43. The van der Waals surface area contributed by atoms with Crippen molar-refractivity contribution < 1.29 is 4.74 Å². The van der Waals surface area contributed by atoms with Crippen LogP contribution in [0, 0.1) is 13.8 Å². The van der Waals surface area contributed by atoms with Gasteiger partial charge in [0.25, 0.3) is 0 Å². The van der Waals surface area contributed by atoms with E-state index in [2.05, 4.69) is 135 Å². The lowest BCUT2D eigenvalue weighted by atomic mass is 10.0. The molecule has 4 rings (SSSR count). The molecular weight excluding hydrogens is 452 g/mol. The van der Waals surface area contributed by atoms with E-state index in [1.165, 1.54) is 33.4 Å². The summed E-state index contributed by atoms with van der Waals surface area (Å²) >= 11 is 0. The average Bonchev–Trinajstić information content (AvgIpc) is 2.90. The van der Waals surface area contributed by atoms with Gasteiger partial charge in [-0.1, -0.05) is 110 Å². The zero-order valence-electron chi connectivity index (χ0n) is 22.6. The lowest BCUT2D eigenvalue weighted by Crippen LogP contribution is -2.28. The monoisotopic (exact) mass is 492 g/mol. The van der Waals surface area contributed by atoms with Crippen LogP contribution in [0.2, 0.25) is 0 Å². The zero-order valence-corrected chi connectivity index (χ0v) is 22.6. The van der Waals surface area contributed by atoms with Gasteiger partial charge in [-0.25, -0.2) is 0 Å². The summed E-state index contributed by atoms with van der Waals surface area (Å²) in [6, 6.07) is 34.8. The van der Waals surface area contributed by atoms with E-state index in [9.17, 15) is 0 Å². The Labute approximate surface area is 222 Å². The fourth-order valence-electron chi connectivity index (χ4n) is 4.36. The normalized spacial score (nSPS) is 11.9. The highest BCUT2D eigenvalue weighted by Crippen LogP contribution is 2.24. The van der Waals surface area contributed by atoms with Crippen LogP contribution in [0.15, 0.2) is 97.1 Å². The molecule has 0 saturated carbocycles. The number of nitrogens with one attached hydrogen (secondary N) is 2. The van der Waals surface area contributed by atoms with Crippen molar-refractivity contribution >= 4 is 11.4 Å². The van der Waals surface area contributed by atoms with Gasteiger partial charge in [0.1, 0.15) is 0 Å². The number of anilines is 2. The second-order valence-corrected chi connectivity index (χ2v) is 10.3. The third kappa shape index (κ3) is 8.23. The van der Waals surface area contributed by atoms with Gasteiger partial charge in [-0.2, -0.15) is 0 Å². The molecule has 37 heavy (non-hydrogen) atoms. The van der Waals surface area contributed by atoms with Crippen molar-refractivity contribution in [2.45, 2.75) is 59.2 Å². The smallest absolute Gasteiger partial charge is 0.0717 e. The van der Waals surface area contributed by atoms with Gasteiger partial charge in [0.15, 0.2) is 0 Å². The Morgan fingerprint density at radius 2 is 1.22 bits per heavy atom. The molecule has 1 atom stereocenters. The Kier molecular flexibility index (Phi) is 9.40. The van der Waals surface area contributed by atoms with E-state index in [-0.39, 0.29) is 6.04 Å². The molecule has 0 radical (unpaired) electrons. The van der Waals surface area contributed by atoms with Crippen LogP contribution in [0.5, 0.6) is 0 Å². The fraction of sp³-hybridized carbons (Fsp3) is 0.294. The number of aryl methyl sites for hydroxylation is 2. The van der Waals surface area contributed by atoms with E-state index < -0.39 is 0 Å². The van der Waals surface area contributed by atoms with E-state index >= 15 is 0 Å². The number of hydrogen-bond acceptors (Lipinski definition) is 3. The van der Waals surface area contributed by atoms with Crippen molar-refractivity contribution in [3.05, 3.63) is 130 Å². The van der Waals surface area contributed by atoms with E-state index in [0.29, 0.717) is 19.1 Å². The molecule has 0 unspecified atom stereocenters. The highest BCUT2D eigenvalue weighted by Gasteiger charge is 2.13. The van der Waals surface area contributed by atoms with Gasteiger partial charge in [0.2, 0.25) is 0 Å². The maximum Gasteiger partial charge on any atom is 0.0717 e. The van der Waals surface area contributed by atoms with Gasteiger partial charge in [-0.3, -0.25) is 0 Å². The molecule has 0 aliphatic heterocycles. The molecule has 4 aromatic rings. The summed E-state index contributed by atoms with van der Waals surface area (Å²) in [5.41, 5.74) is 9.89. The van der Waals surface area contributed by atoms with Crippen molar-refractivity contribution in [1.82, 2.24) is 0 Å². The Morgan fingerprint density at radius 3 is 1.84 bits per heavy atom.